The molecule has 1 fully saturated rings. The smallest absolute Gasteiger partial charge is 0.317 e. The van der Waals surface area contributed by atoms with Gasteiger partial charge in [0.2, 0.25) is 0 Å². The number of nitrogens with zero attached hydrogens (tertiary/aromatic N) is 1. The van der Waals surface area contributed by atoms with Gasteiger partial charge < -0.3 is 30.5 Å². The zero-order valence-corrected chi connectivity index (χ0v) is 12.7. The summed E-state index contributed by atoms with van der Waals surface area (Å²) in [6, 6.07) is 1.14. The van der Waals surface area contributed by atoms with Gasteiger partial charge in [-0.15, -0.1) is 0 Å². The minimum Gasteiger partial charge on any atom is -0.480 e. The fraction of sp³-hybridized carbons (Fsp3) is 0.583. The molecule has 0 spiro atoms. The topological polar surface area (TPSA) is 157 Å². The van der Waals surface area contributed by atoms with Crippen LogP contribution in [-0.4, -0.2) is 74.0 Å². The number of hydrogen-bond acceptors (Lipinski definition) is 8. The Morgan fingerprint density at radius 3 is 2.74 bits per heavy atom. The van der Waals surface area contributed by atoms with Crippen LogP contribution in [0.25, 0.3) is 0 Å². The van der Waals surface area contributed by atoms with Crippen LogP contribution in [0.15, 0.2) is 17.1 Å². The molecule has 4 atom stereocenters. The molecule has 2 heterocycles. The average Bonchev–Trinajstić information content (AvgIpc) is 2.72. The normalized spacial score (nSPS) is 30.5. The van der Waals surface area contributed by atoms with Crippen molar-refractivity contribution >= 4 is 18.2 Å². The number of ether oxygens (including phenoxy) is 1. The Morgan fingerprint density at radius 2 is 2.22 bits per heavy atom. The van der Waals surface area contributed by atoms with Crippen molar-refractivity contribution in [3.63, 3.8) is 0 Å². The van der Waals surface area contributed by atoms with Gasteiger partial charge in [0.15, 0.2) is 10.5 Å². The van der Waals surface area contributed by atoms with Gasteiger partial charge in [0.25, 0.3) is 5.56 Å². The average molecular weight is 347 g/mol. The Morgan fingerprint density at radius 1 is 1.52 bits per heavy atom. The molecule has 128 valence electrons. The number of aromatic amines is 1. The minimum atomic E-state index is -1.68. The number of hydrogen-bond donors (Lipinski definition) is 6. The molecule has 2 rings (SSSR count). The number of aromatic nitrogens is 2. The molecule has 1 aliphatic rings. The monoisotopic (exact) mass is 347 g/mol. The maximum Gasteiger partial charge on any atom is 0.317 e. The highest BCUT2D eigenvalue weighted by Crippen LogP contribution is 2.35. The van der Waals surface area contributed by atoms with Crippen LogP contribution < -0.4 is 10.9 Å². The molecule has 0 amide bonds. The van der Waals surface area contributed by atoms with Crippen molar-refractivity contribution in [2.24, 2.45) is 0 Å². The number of aliphatic carboxylic acids is 1. The zero-order valence-electron chi connectivity index (χ0n) is 11.9. The molecule has 0 bridgehead atoms. The van der Waals surface area contributed by atoms with Crippen LogP contribution >= 0.6 is 12.2 Å². The second-order valence-corrected chi connectivity index (χ2v) is 5.48. The Balaban J connectivity index is 2.45. The Kier molecular flexibility index (Phi) is 5.29. The van der Waals surface area contributed by atoms with E-state index in [4.69, 9.17) is 22.1 Å². The van der Waals surface area contributed by atoms with Crippen molar-refractivity contribution in [2.45, 2.75) is 24.0 Å². The summed E-state index contributed by atoms with van der Waals surface area (Å²) in [5.74, 6) is -1.13. The predicted octanol–water partition coefficient (Wildman–Crippen LogP) is -2.65. The van der Waals surface area contributed by atoms with Gasteiger partial charge in [0, 0.05) is 18.8 Å². The SMILES string of the molecule is O=C(O)CNC[C@@]1(n2ccc(=O)[nH]c2=S)O[C@H](CO)[C@@H](O)[C@H]1O. The Bertz CT molecular complexity index is 690. The van der Waals surface area contributed by atoms with Gasteiger partial charge in [-0.25, -0.2) is 0 Å². The number of rotatable bonds is 6. The molecule has 0 aliphatic carbocycles. The molecule has 1 aliphatic heterocycles. The molecule has 1 aromatic rings. The zero-order chi connectivity index (χ0) is 17.2. The number of nitrogens with one attached hydrogen (secondary N) is 2. The molecule has 11 heteroatoms. The third-order valence-corrected chi connectivity index (χ3v) is 3.89. The third-order valence-electron chi connectivity index (χ3n) is 3.59. The van der Waals surface area contributed by atoms with E-state index in [1.807, 2.05) is 0 Å². The lowest BCUT2D eigenvalue weighted by Crippen LogP contribution is -2.53. The lowest BCUT2D eigenvalue weighted by Gasteiger charge is -2.34. The van der Waals surface area contributed by atoms with E-state index in [2.05, 4.69) is 10.3 Å². The summed E-state index contributed by atoms with van der Waals surface area (Å²) in [6.07, 6.45) is -2.76. The van der Waals surface area contributed by atoms with Crippen molar-refractivity contribution in [2.75, 3.05) is 19.7 Å². The van der Waals surface area contributed by atoms with Gasteiger partial charge in [0.1, 0.15) is 18.3 Å². The Hall–Kier alpha value is -1.63. The number of H-pyrrole nitrogens is 1. The maximum absolute atomic E-state index is 11.3. The molecule has 0 aromatic carbocycles. The third kappa shape index (κ3) is 3.34. The molecule has 0 saturated carbocycles. The molecule has 1 aromatic heterocycles. The molecular formula is C12H17N3O7S. The number of carbonyl (C=O) groups is 1. The lowest BCUT2D eigenvalue weighted by molar-refractivity contribution is -0.149. The molecule has 10 nitrogen and oxygen atoms in total. The molecule has 0 radical (unpaired) electrons. The van der Waals surface area contributed by atoms with E-state index < -0.39 is 48.7 Å². The molecular weight excluding hydrogens is 330 g/mol. The minimum absolute atomic E-state index is 0.0838. The van der Waals surface area contributed by atoms with E-state index >= 15 is 0 Å². The van der Waals surface area contributed by atoms with Gasteiger partial charge in [0.05, 0.1) is 13.2 Å². The van der Waals surface area contributed by atoms with E-state index in [0.717, 1.165) is 6.07 Å². The molecule has 23 heavy (non-hydrogen) atoms. The fourth-order valence-electron chi connectivity index (χ4n) is 2.51. The van der Waals surface area contributed by atoms with Gasteiger partial charge in [-0.05, 0) is 12.2 Å². The first kappa shape index (κ1) is 17.7. The standard InChI is InChI=1S/C12H17N3O7S/c16-4-6-9(20)10(21)12(22-6,5-13-3-8(18)19)15-2-1-7(17)14-11(15)23/h1-2,6,9-10,13,16,20-21H,3-5H2,(H,18,19)(H,14,17,23)/t6-,9-,10-,12-/m1/s1. The van der Waals surface area contributed by atoms with Gasteiger partial charge in [-0.1, -0.05) is 0 Å². The number of carboxylic acids is 1. The summed E-state index contributed by atoms with van der Waals surface area (Å²) in [6.45, 7) is -1.21. The van der Waals surface area contributed by atoms with Crippen molar-refractivity contribution in [3.05, 3.63) is 27.4 Å². The van der Waals surface area contributed by atoms with E-state index in [9.17, 15) is 24.9 Å². The second-order valence-electron chi connectivity index (χ2n) is 5.10. The van der Waals surface area contributed by atoms with Crippen molar-refractivity contribution in [3.8, 4) is 0 Å². The van der Waals surface area contributed by atoms with E-state index in [0.29, 0.717) is 0 Å². The largest absolute Gasteiger partial charge is 0.480 e. The van der Waals surface area contributed by atoms with Crippen LogP contribution in [-0.2, 0) is 15.3 Å². The predicted molar refractivity (Wildman–Crippen MR) is 78.3 cm³/mol. The highest BCUT2D eigenvalue weighted by atomic mass is 32.1. The summed E-state index contributed by atoms with van der Waals surface area (Å²) in [5, 5.41) is 40.9. The number of aliphatic hydroxyl groups is 3. The van der Waals surface area contributed by atoms with Crippen molar-refractivity contribution in [1.29, 1.82) is 0 Å². The summed E-state index contributed by atoms with van der Waals surface area (Å²) < 4.78 is 6.71. The summed E-state index contributed by atoms with van der Waals surface area (Å²) in [4.78, 5) is 24.3. The van der Waals surface area contributed by atoms with Gasteiger partial charge in [-0.3, -0.25) is 19.1 Å². The summed E-state index contributed by atoms with van der Waals surface area (Å²) >= 11 is 5.04. The lowest BCUT2D eigenvalue weighted by atomic mass is 10.0. The van der Waals surface area contributed by atoms with Gasteiger partial charge in [-0.2, -0.15) is 0 Å². The van der Waals surface area contributed by atoms with Crippen LogP contribution in [0.3, 0.4) is 0 Å². The first-order valence-electron chi connectivity index (χ1n) is 6.71. The summed E-state index contributed by atoms with van der Waals surface area (Å²) in [5.41, 5.74) is -2.14. The van der Waals surface area contributed by atoms with E-state index in [1.165, 1.54) is 10.8 Å². The van der Waals surface area contributed by atoms with Crippen LogP contribution in [0.4, 0.5) is 0 Å². The molecule has 1 saturated heterocycles. The highest BCUT2D eigenvalue weighted by Gasteiger charge is 2.55. The van der Waals surface area contributed by atoms with Crippen LogP contribution in [0.2, 0.25) is 0 Å². The van der Waals surface area contributed by atoms with E-state index in [-0.39, 0.29) is 11.3 Å². The quantitative estimate of drug-likeness (QED) is 0.302. The van der Waals surface area contributed by atoms with E-state index in [1.54, 1.807) is 0 Å². The van der Waals surface area contributed by atoms with Crippen molar-refractivity contribution in [1.82, 2.24) is 14.9 Å². The van der Waals surface area contributed by atoms with Crippen molar-refractivity contribution < 1.29 is 30.0 Å². The number of aliphatic hydroxyl groups excluding tert-OH is 3. The van der Waals surface area contributed by atoms with Crippen LogP contribution in [0, 0.1) is 4.77 Å². The van der Waals surface area contributed by atoms with Crippen LogP contribution in [0.5, 0.6) is 0 Å². The summed E-state index contributed by atoms with van der Waals surface area (Å²) in [7, 11) is 0. The Labute approximate surface area is 135 Å². The first-order chi connectivity index (χ1) is 10.8. The fourth-order valence-corrected chi connectivity index (χ4v) is 2.83. The molecule has 0 unspecified atom stereocenters. The number of carboxylic acid groups (broad SMARTS) is 1. The van der Waals surface area contributed by atoms with Gasteiger partial charge >= 0.3 is 5.97 Å². The second kappa shape index (κ2) is 6.86. The maximum atomic E-state index is 11.3. The van der Waals surface area contributed by atoms with Crippen LogP contribution in [0.1, 0.15) is 0 Å². The highest BCUT2D eigenvalue weighted by molar-refractivity contribution is 7.71. The molecule has 6 N–H and O–H groups in total. The first-order valence-corrected chi connectivity index (χ1v) is 7.12.